The van der Waals surface area contributed by atoms with E-state index in [0.29, 0.717) is 17.0 Å². The van der Waals surface area contributed by atoms with Gasteiger partial charge in [0.05, 0.1) is 12.7 Å². The Morgan fingerprint density at radius 3 is 2.48 bits per heavy atom. The second kappa shape index (κ2) is 6.41. The van der Waals surface area contributed by atoms with Gasteiger partial charge in [0.25, 0.3) is 0 Å². The average Bonchev–Trinajstić information content (AvgIpc) is 3.15. The van der Waals surface area contributed by atoms with Gasteiger partial charge in [0.2, 0.25) is 15.9 Å². The maximum atomic E-state index is 13.0. The van der Waals surface area contributed by atoms with E-state index >= 15 is 0 Å². The largest absolute Gasteiger partial charge is 0.439 e. The van der Waals surface area contributed by atoms with Crippen LogP contribution in [0.5, 0.6) is 0 Å². The summed E-state index contributed by atoms with van der Waals surface area (Å²) in [4.78, 5) is 4.13. The van der Waals surface area contributed by atoms with Crippen LogP contribution in [-0.4, -0.2) is 29.9 Å². The third-order valence-corrected chi connectivity index (χ3v) is 5.72. The minimum absolute atomic E-state index is 0.0420. The molecule has 0 saturated carbocycles. The van der Waals surface area contributed by atoms with Crippen LogP contribution in [0, 0.1) is 19.7 Å². The molecule has 0 unspecified atom stereocenters. The molecule has 3 rings (SSSR count). The number of rotatable bonds is 5. The first-order valence-electron chi connectivity index (χ1n) is 7.39. The molecular weight excluding hydrogens is 349 g/mol. The van der Waals surface area contributed by atoms with Crippen molar-refractivity contribution in [3.63, 3.8) is 0 Å². The van der Waals surface area contributed by atoms with Crippen molar-refractivity contribution < 1.29 is 21.7 Å². The molecule has 132 valence electrons. The highest BCUT2D eigenvalue weighted by Crippen LogP contribution is 2.25. The number of halogens is 1. The first kappa shape index (κ1) is 17.3. The summed E-state index contributed by atoms with van der Waals surface area (Å²) in [5.74, 6) is 0.521. The molecule has 0 radical (unpaired) electrons. The molecule has 0 fully saturated rings. The average molecular weight is 365 g/mol. The molecule has 0 N–H and O–H groups in total. The predicted octanol–water partition coefficient (Wildman–Crippen LogP) is 2.91. The van der Waals surface area contributed by atoms with E-state index in [-0.39, 0.29) is 28.9 Å². The number of aromatic nitrogens is 2. The van der Waals surface area contributed by atoms with Crippen molar-refractivity contribution >= 4 is 10.0 Å². The molecule has 9 heteroatoms. The van der Waals surface area contributed by atoms with Gasteiger partial charge in [0, 0.05) is 12.6 Å². The number of hydrogen-bond donors (Lipinski definition) is 0. The van der Waals surface area contributed by atoms with Crippen molar-refractivity contribution in [2.75, 3.05) is 7.05 Å². The summed E-state index contributed by atoms with van der Waals surface area (Å²) < 4.78 is 49.9. The molecule has 0 aliphatic heterocycles. The summed E-state index contributed by atoms with van der Waals surface area (Å²) in [5, 5.41) is 3.67. The minimum atomic E-state index is -3.79. The van der Waals surface area contributed by atoms with Crippen molar-refractivity contribution in [1.29, 1.82) is 0 Å². The van der Waals surface area contributed by atoms with E-state index in [9.17, 15) is 12.8 Å². The molecule has 0 amide bonds. The molecule has 0 atom stereocenters. The van der Waals surface area contributed by atoms with Gasteiger partial charge in [-0.15, -0.1) is 0 Å². The second-order valence-corrected chi connectivity index (χ2v) is 7.52. The van der Waals surface area contributed by atoms with Crippen molar-refractivity contribution in [3.8, 4) is 11.3 Å². The standard InChI is InChI=1S/C16H16FN3O4S/c1-10-16(11(2)24-19-10)25(21,22)20(3)9-15-18-8-14(23-15)12-4-6-13(17)7-5-12/h4-8H,9H2,1-3H3. The van der Waals surface area contributed by atoms with Gasteiger partial charge in [-0.3, -0.25) is 0 Å². The molecule has 0 bridgehead atoms. The highest BCUT2D eigenvalue weighted by molar-refractivity contribution is 7.89. The van der Waals surface area contributed by atoms with E-state index in [1.54, 1.807) is 26.0 Å². The molecular formula is C16H16FN3O4S. The van der Waals surface area contributed by atoms with Crippen molar-refractivity contribution in [3.05, 3.63) is 53.6 Å². The van der Waals surface area contributed by atoms with Gasteiger partial charge in [-0.2, -0.15) is 4.31 Å². The SMILES string of the molecule is Cc1noc(C)c1S(=O)(=O)N(C)Cc1ncc(-c2ccc(F)cc2)o1. The summed E-state index contributed by atoms with van der Waals surface area (Å²) in [6.07, 6.45) is 1.47. The summed E-state index contributed by atoms with van der Waals surface area (Å²) in [7, 11) is -2.37. The van der Waals surface area contributed by atoms with Gasteiger partial charge in [0.1, 0.15) is 16.4 Å². The van der Waals surface area contributed by atoms with E-state index in [2.05, 4.69) is 10.1 Å². The summed E-state index contributed by atoms with van der Waals surface area (Å²) in [5.41, 5.74) is 0.945. The van der Waals surface area contributed by atoms with Crippen LogP contribution in [0.4, 0.5) is 4.39 Å². The fraction of sp³-hybridized carbons (Fsp3) is 0.250. The molecule has 0 aliphatic rings. The minimum Gasteiger partial charge on any atom is -0.439 e. The molecule has 2 aromatic heterocycles. The van der Waals surface area contributed by atoms with Crippen LogP contribution >= 0.6 is 0 Å². The van der Waals surface area contributed by atoms with E-state index in [4.69, 9.17) is 8.94 Å². The lowest BCUT2D eigenvalue weighted by atomic mass is 10.2. The molecule has 2 heterocycles. The summed E-state index contributed by atoms with van der Waals surface area (Å²) in [6, 6.07) is 5.74. The third kappa shape index (κ3) is 3.33. The smallest absolute Gasteiger partial charge is 0.248 e. The summed E-state index contributed by atoms with van der Waals surface area (Å²) in [6.45, 7) is 3.04. The second-order valence-electron chi connectivity index (χ2n) is 5.54. The Morgan fingerprint density at radius 2 is 1.88 bits per heavy atom. The third-order valence-electron chi connectivity index (χ3n) is 3.68. The van der Waals surface area contributed by atoms with Crippen molar-refractivity contribution in [1.82, 2.24) is 14.4 Å². The van der Waals surface area contributed by atoms with Crippen LogP contribution in [0.1, 0.15) is 17.3 Å². The molecule has 7 nitrogen and oxygen atoms in total. The van der Waals surface area contributed by atoms with Crippen LogP contribution in [0.25, 0.3) is 11.3 Å². The van der Waals surface area contributed by atoms with Gasteiger partial charge in [-0.1, -0.05) is 5.16 Å². The molecule has 3 aromatic rings. The topological polar surface area (TPSA) is 89.4 Å². The highest BCUT2D eigenvalue weighted by atomic mass is 32.2. The zero-order valence-corrected chi connectivity index (χ0v) is 14.7. The number of sulfonamides is 1. The molecule has 0 spiro atoms. The Balaban J connectivity index is 1.82. The molecule has 1 aromatic carbocycles. The van der Waals surface area contributed by atoms with Gasteiger partial charge in [0.15, 0.2) is 11.5 Å². The summed E-state index contributed by atoms with van der Waals surface area (Å²) >= 11 is 0. The monoisotopic (exact) mass is 365 g/mol. The van der Waals surface area contributed by atoms with Crippen LogP contribution < -0.4 is 0 Å². The predicted molar refractivity (Wildman–Crippen MR) is 86.5 cm³/mol. The zero-order valence-electron chi connectivity index (χ0n) is 13.9. The van der Waals surface area contributed by atoms with E-state index in [1.165, 1.54) is 25.4 Å². The maximum absolute atomic E-state index is 13.0. The van der Waals surface area contributed by atoms with Gasteiger partial charge in [-0.25, -0.2) is 17.8 Å². The fourth-order valence-electron chi connectivity index (χ4n) is 2.41. The van der Waals surface area contributed by atoms with Gasteiger partial charge >= 0.3 is 0 Å². The lowest BCUT2D eigenvalue weighted by Gasteiger charge is -2.14. The number of oxazole rings is 1. The maximum Gasteiger partial charge on any atom is 0.248 e. The van der Waals surface area contributed by atoms with Gasteiger partial charge < -0.3 is 8.94 Å². The Hall–Kier alpha value is -2.52. The molecule has 0 saturated heterocycles. The Labute approximate surface area is 144 Å². The highest BCUT2D eigenvalue weighted by Gasteiger charge is 2.29. The lowest BCUT2D eigenvalue weighted by molar-refractivity contribution is 0.386. The lowest BCUT2D eigenvalue weighted by Crippen LogP contribution is -2.27. The quantitative estimate of drug-likeness (QED) is 0.691. The van der Waals surface area contributed by atoms with E-state index in [0.717, 1.165) is 4.31 Å². The van der Waals surface area contributed by atoms with Crippen molar-refractivity contribution in [2.24, 2.45) is 0 Å². The first-order chi connectivity index (χ1) is 11.8. The number of nitrogens with zero attached hydrogens (tertiary/aromatic N) is 3. The zero-order chi connectivity index (χ0) is 18.2. The molecule has 25 heavy (non-hydrogen) atoms. The van der Waals surface area contributed by atoms with Crippen LogP contribution in [0.15, 0.2) is 44.3 Å². The Morgan fingerprint density at radius 1 is 1.20 bits per heavy atom. The number of aryl methyl sites for hydroxylation is 2. The van der Waals surface area contributed by atoms with Gasteiger partial charge in [-0.05, 0) is 38.1 Å². The molecule has 0 aliphatic carbocycles. The fourth-order valence-corrected chi connectivity index (χ4v) is 3.81. The Kier molecular flexibility index (Phi) is 4.44. The van der Waals surface area contributed by atoms with E-state index < -0.39 is 10.0 Å². The normalized spacial score (nSPS) is 12.0. The number of hydrogen-bond acceptors (Lipinski definition) is 6. The van der Waals surface area contributed by atoms with Crippen LogP contribution in [0.3, 0.4) is 0 Å². The van der Waals surface area contributed by atoms with Crippen molar-refractivity contribution in [2.45, 2.75) is 25.3 Å². The number of benzene rings is 1. The van der Waals surface area contributed by atoms with E-state index in [1.807, 2.05) is 0 Å². The Bertz CT molecular complexity index is 973. The first-order valence-corrected chi connectivity index (χ1v) is 8.83. The van der Waals surface area contributed by atoms with Crippen LogP contribution in [0.2, 0.25) is 0 Å². The van der Waals surface area contributed by atoms with Crippen LogP contribution in [-0.2, 0) is 16.6 Å².